The highest BCUT2D eigenvalue weighted by molar-refractivity contribution is 7.13. The zero-order chi connectivity index (χ0) is 17.6. The van der Waals surface area contributed by atoms with E-state index in [1.54, 1.807) is 23.5 Å². The van der Waals surface area contributed by atoms with Crippen LogP contribution in [0.5, 0.6) is 0 Å². The van der Waals surface area contributed by atoms with Crippen LogP contribution in [-0.2, 0) is 17.6 Å². The summed E-state index contributed by atoms with van der Waals surface area (Å²) < 4.78 is 0. The standard InChI is InChI=1S/C19H16Cl2N2OS/c20-15-5-1-13(2-6-15)11-18(24)22-10-9-17-12-25-19(23-17)14-3-7-16(21)8-4-14/h1-8,12H,9-11H2,(H,22,24). The van der Waals surface area contributed by atoms with Crippen molar-refractivity contribution in [3.05, 3.63) is 75.2 Å². The molecule has 3 aromatic rings. The van der Waals surface area contributed by atoms with Crippen LogP contribution in [0.4, 0.5) is 0 Å². The Hall–Kier alpha value is -1.88. The number of halogens is 2. The maximum Gasteiger partial charge on any atom is 0.224 e. The fourth-order valence-corrected chi connectivity index (χ4v) is 3.44. The summed E-state index contributed by atoms with van der Waals surface area (Å²) in [5, 5.41) is 7.29. The highest BCUT2D eigenvalue weighted by Crippen LogP contribution is 2.25. The number of aromatic nitrogens is 1. The van der Waals surface area contributed by atoms with Gasteiger partial charge in [-0.2, -0.15) is 0 Å². The van der Waals surface area contributed by atoms with Crippen molar-refractivity contribution in [3.63, 3.8) is 0 Å². The summed E-state index contributed by atoms with van der Waals surface area (Å²) in [6, 6.07) is 14.9. The van der Waals surface area contributed by atoms with Crippen molar-refractivity contribution in [2.24, 2.45) is 0 Å². The van der Waals surface area contributed by atoms with E-state index in [0.717, 1.165) is 21.8 Å². The molecule has 0 aliphatic rings. The molecule has 0 spiro atoms. The number of nitrogens with zero attached hydrogens (tertiary/aromatic N) is 1. The summed E-state index contributed by atoms with van der Waals surface area (Å²) in [7, 11) is 0. The second-order valence-corrected chi connectivity index (χ2v) is 7.29. The molecule has 0 fully saturated rings. The topological polar surface area (TPSA) is 42.0 Å². The Balaban J connectivity index is 1.48. The van der Waals surface area contributed by atoms with Crippen molar-refractivity contribution in [3.8, 4) is 10.6 Å². The monoisotopic (exact) mass is 390 g/mol. The zero-order valence-corrected chi connectivity index (χ0v) is 15.7. The molecule has 3 rings (SSSR count). The number of amides is 1. The molecule has 0 unspecified atom stereocenters. The number of rotatable bonds is 6. The van der Waals surface area contributed by atoms with Crippen LogP contribution in [0.25, 0.3) is 10.6 Å². The highest BCUT2D eigenvalue weighted by atomic mass is 35.5. The van der Waals surface area contributed by atoms with Crippen LogP contribution in [0.2, 0.25) is 10.0 Å². The third kappa shape index (κ3) is 5.30. The number of hydrogen-bond donors (Lipinski definition) is 1. The predicted octanol–water partition coefficient (Wildman–Crippen LogP) is 5.02. The van der Waals surface area contributed by atoms with Crippen LogP contribution in [0.1, 0.15) is 11.3 Å². The lowest BCUT2D eigenvalue weighted by Crippen LogP contribution is -2.27. The quantitative estimate of drug-likeness (QED) is 0.641. The molecule has 1 N–H and O–H groups in total. The van der Waals surface area contributed by atoms with E-state index in [1.165, 1.54) is 0 Å². The largest absolute Gasteiger partial charge is 0.355 e. The first-order chi connectivity index (χ1) is 12.1. The number of thiazole rings is 1. The van der Waals surface area contributed by atoms with E-state index in [9.17, 15) is 4.79 Å². The number of benzene rings is 2. The molecule has 1 heterocycles. The first kappa shape index (κ1) is 17.9. The van der Waals surface area contributed by atoms with E-state index in [2.05, 4.69) is 10.3 Å². The van der Waals surface area contributed by atoms with Crippen molar-refractivity contribution in [1.82, 2.24) is 10.3 Å². The average Bonchev–Trinajstić information content (AvgIpc) is 3.06. The van der Waals surface area contributed by atoms with Gasteiger partial charge in [0.15, 0.2) is 0 Å². The van der Waals surface area contributed by atoms with E-state index >= 15 is 0 Å². The Morgan fingerprint density at radius 3 is 2.32 bits per heavy atom. The molecule has 1 amide bonds. The van der Waals surface area contributed by atoms with Gasteiger partial charge in [0, 0.05) is 34.0 Å². The zero-order valence-electron chi connectivity index (χ0n) is 13.3. The summed E-state index contributed by atoms with van der Waals surface area (Å²) in [4.78, 5) is 16.6. The lowest BCUT2D eigenvalue weighted by atomic mass is 10.1. The SMILES string of the molecule is O=C(Cc1ccc(Cl)cc1)NCCc1csc(-c2ccc(Cl)cc2)n1. The van der Waals surface area contributed by atoms with Crippen LogP contribution in [0.3, 0.4) is 0 Å². The highest BCUT2D eigenvalue weighted by Gasteiger charge is 2.07. The van der Waals surface area contributed by atoms with Gasteiger partial charge in [-0.3, -0.25) is 4.79 Å². The average molecular weight is 391 g/mol. The van der Waals surface area contributed by atoms with Crippen LogP contribution < -0.4 is 5.32 Å². The van der Waals surface area contributed by atoms with Gasteiger partial charge in [0.25, 0.3) is 0 Å². The molecule has 0 aliphatic carbocycles. The second kappa shape index (κ2) is 8.48. The van der Waals surface area contributed by atoms with E-state index in [0.29, 0.717) is 29.4 Å². The Kier molecular flexibility index (Phi) is 6.08. The molecule has 0 atom stereocenters. The minimum absolute atomic E-state index is 0.00419. The van der Waals surface area contributed by atoms with Crippen molar-refractivity contribution in [1.29, 1.82) is 0 Å². The molecule has 25 heavy (non-hydrogen) atoms. The molecule has 0 saturated carbocycles. The maximum absolute atomic E-state index is 12.0. The normalized spacial score (nSPS) is 10.6. The maximum atomic E-state index is 12.0. The van der Waals surface area contributed by atoms with Crippen molar-refractivity contribution >= 4 is 40.4 Å². The van der Waals surface area contributed by atoms with Crippen molar-refractivity contribution < 1.29 is 4.79 Å². The Bertz CT molecular complexity index is 845. The van der Waals surface area contributed by atoms with Crippen LogP contribution in [-0.4, -0.2) is 17.4 Å². The van der Waals surface area contributed by atoms with E-state index in [4.69, 9.17) is 23.2 Å². The minimum atomic E-state index is -0.00419. The van der Waals surface area contributed by atoms with Gasteiger partial charge in [0.05, 0.1) is 12.1 Å². The molecular formula is C19H16Cl2N2OS. The van der Waals surface area contributed by atoms with Gasteiger partial charge in [-0.15, -0.1) is 11.3 Å². The number of hydrogen-bond acceptors (Lipinski definition) is 3. The minimum Gasteiger partial charge on any atom is -0.355 e. The number of carbonyl (C=O) groups excluding carboxylic acids is 1. The summed E-state index contributed by atoms with van der Waals surface area (Å²) >= 11 is 13.3. The molecule has 0 saturated heterocycles. The number of nitrogens with one attached hydrogen (secondary N) is 1. The van der Waals surface area contributed by atoms with E-state index in [-0.39, 0.29) is 5.91 Å². The smallest absolute Gasteiger partial charge is 0.224 e. The third-order valence-corrected chi connectivity index (χ3v) is 5.07. The Labute approximate surface area is 160 Å². The fourth-order valence-electron chi connectivity index (χ4n) is 2.33. The van der Waals surface area contributed by atoms with Crippen LogP contribution >= 0.6 is 34.5 Å². The molecule has 6 heteroatoms. The third-order valence-electron chi connectivity index (χ3n) is 3.62. The molecule has 0 bridgehead atoms. The first-order valence-corrected chi connectivity index (χ1v) is 9.45. The lowest BCUT2D eigenvalue weighted by Gasteiger charge is -2.04. The molecule has 1 aromatic heterocycles. The first-order valence-electron chi connectivity index (χ1n) is 7.81. The Morgan fingerprint density at radius 1 is 1.00 bits per heavy atom. The van der Waals surface area contributed by atoms with E-state index in [1.807, 2.05) is 41.8 Å². The van der Waals surface area contributed by atoms with Gasteiger partial charge in [-0.1, -0.05) is 47.5 Å². The summed E-state index contributed by atoms with van der Waals surface area (Å²) in [6.07, 6.45) is 1.06. The molecule has 2 aromatic carbocycles. The molecular weight excluding hydrogens is 375 g/mol. The molecule has 0 radical (unpaired) electrons. The second-order valence-electron chi connectivity index (χ2n) is 5.55. The van der Waals surface area contributed by atoms with Gasteiger partial charge in [0.2, 0.25) is 5.91 Å². The van der Waals surface area contributed by atoms with Gasteiger partial charge >= 0.3 is 0 Å². The molecule has 3 nitrogen and oxygen atoms in total. The van der Waals surface area contributed by atoms with Crippen molar-refractivity contribution in [2.75, 3.05) is 6.54 Å². The van der Waals surface area contributed by atoms with E-state index < -0.39 is 0 Å². The molecule has 128 valence electrons. The van der Waals surface area contributed by atoms with Crippen LogP contribution in [0, 0.1) is 0 Å². The van der Waals surface area contributed by atoms with Crippen LogP contribution in [0.15, 0.2) is 53.9 Å². The fraction of sp³-hybridized carbons (Fsp3) is 0.158. The van der Waals surface area contributed by atoms with Gasteiger partial charge in [-0.05, 0) is 29.8 Å². The summed E-state index contributed by atoms with van der Waals surface area (Å²) in [5.41, 5.74) is 2.97. The van der Waals surface area contributed by atoms with Crippen molar-refractivity contribution in [2.45, 2.75) is 12.8 Å². The van der Waals surface area contributed by atoms with Gasteiger partial charge < -0.3 is 5.32 Å². The van der Waals surface area contributed by atoms with Gasteiger partial charge in [-0.25, -0.2) is 4.98 Å². The number of carbonyl (C=O) groups is 1. The summed E-state index contributed by atoms with van der Waals surface area (Å²) in [6.45, 7) is 0.566. The van der Waals surface area contributed by atoms with Gasteiger partial charge in [0.1, 0.15) is 5.01 Å². The molecule has 0 aliphatic heterocycles. The predicted molar refractivity (Wildman–Crippen MR) is 104 cm³/mol. The Morgan fingerprint density at radius 2 is 1.64 bits per heavy atom. The lowest BCUT2D eigenvalue weighted by molar-refractivity contribution is -0.120. The summed E-state index contributed by atoms with van der Waals surface area (Å²) in [5.74, 6) is -0.00419.